The zero-order chi connectivity index (χ0) is 20.4. The van der Waals surface area contributed by atoms with E-state index in [-0.39, 0.29) is 24.2 Å². The van der Waals surface area contributed by atoms with Crippen LogP contribution in [0.2, 0.25) is 0 Å². The van der Waals surface area contributed by atoms with Crippen molar-refractivity contribution in [2.24, 2.45) is 0 Å². The smallest absolute Gasteiger partial charge is 0.273 e. The highest BCUT2D eigenvalue weighted by Crippen LogP contribution is 2.22. The van der Waals surface area contributed by atoms with Gasteiger partial charge in [0.1, 0.15) is 22.9 Å². The van der Waals surface area contributed by atoms with Gasteiger partial charge in [-0.2, -0.15) is 0 Å². The van der Waals surface area contributed by atoms with Crippen molar-refractivity contribution in [3.63, 3.8) is 0 Å². The first kappa shape index (κ1) is 19.5. The van der Waals surface area contributed by atoms with Crippen molar-refractivity contribution < 1.29 is 13.6 Å². The van der Waals surface area contributed by atoms with E-state index in [1.165, 1.54) is 22.0 Å². The highest BCUT2D eigenvalue weighted by molar-refractivity contribution is 7.17. The van der Waals surface area contributed by atoms with Gasteiger partial charge in [0, 0.05) is 31.3 Å². The zero-order valence-corrected chi connectivity index (χ0v) is 16.5. The predicted octanol–water partition coefficient (Wildman–Crippen LogP) is 3.04. The molecule has 0 bridgehead atoms. The molecular formula is C20H20F2N4O2S. The summed E-state index contributed by atoms with van der Waals surface area (Å²) in [4.78, 5) is 32.2. The highest BCUT2D eigenvalue weighted by Gasteiger charge is 2.21. The van der Waals surface area contributed by atoms with Gasteiger partial charge >= 0.3 is 0 Å². The Hall–Kier alpha value is -2.81. The fraction of sp³-hybridized carbons (Fsp3) is 0.350. The maximum atomic E-state index is 13.8. The molecule has 4 rings (SSSR count). The molecule has 3 heterocycles. The maximum absolute atomic E-state index is 13.8. The number of halogens is 2. The standard InChI is InChI=1S/C20H20F2N4O2S/c21-14-5-4-13(15(22)10-14)11-23-17(27)12-26-19(28)18-16(6-9-29-18)24-20(26)25-7-2-1-3-8-25/h4-6,9-10H,1-3,7-8,11-12H2,(H,23,27). The Morgan fingerprint density at radius 2 is 1.97 bits per heavy atom. The van der Waals surface area contributed by atoms with Gasteiger partial charge < -0.3 is 10.2 Å². The largest absolute Gasteiger partial charge is 0.350 e. The number of fused-ring (bicyclic) bond motifs is 1. The first-order valence-corrected chi connectivity index (χ1v) is 10.3. The minimum atomic E-state index is -0.724. The molecule has 6 nitrogen and oxygen atoms in total. The van der Waals surface area contributed by atoms with Crippen molar-refractivity contribution in [3.8, 4) is 0 Å². The topological polar surface area (TPSA) is 67.2 Å². The van der Waals surface area contributed by atoms with Crippen molar-refractivity contribution in [2.45, 2.75) is 32.4 Å². The first-order valence-electron chi connectivity index (χ1n) is 9.46. The van der Waals surface area contributed by atoms with E-state index in [2.05, 4.69) is 10.3 Å². The van der Waals surface area contributed by atoms with E-state index in [0.717, 1.165) is 44.5 Å². The fourth-order valence-corrected chi connectivity index (χ4v) is 4.25. The van der Waals surface area contributed by atoms with Crippen molar-refractivity contribution >= 4 is 33.4 Å². The van der Waals surface area contributed by atoms with Gasteiger partial charge in [0.05, 0.1) is 5.52 Å². The number of rotatable bonds is 5. The normalized spacial score (nSPS) is 14.3. The number of hydrogen-bond donors (Lipinski definition) is 1. The lowest BCUT2D eigenvalue weighted by Crippen LogP contribution is -2.39. The van der Waals surface area contributed by atoms with Crippen LogP contribution in [0.4, 0.5) is 14.7 Å². The van der Waals surface area contributed by atoms with E-state index in [4.69, 9.17) is 0 Å². The third-order valence-electron chi connectivity index (χ3n) is 4.98. The minimum Gasteiger partial charge on any atom is -0.350 e. The summed E-state index contributed by atoms with van der Waals surface area (Å²) in [6, 6.07) is 5.00. The number of piperidine rings is 1. The third-order valence-corrected chi connectivity index (χ3v) is 5.87. The number of nitrogens with zero attached hydrogens (tertiary/aromatic N) is 3. The molecule has 0 saturated carbocycles. The molecule has 0 radical (unpaired) electrons. The lowest BCUT2D eigenvalue weighted by molar-refractivity contribution is -0.121. The summed E-state index contributed by atoms with van der Waals surface area (Å²) in [6.45, 7) is 1.26. The summed E-state index contributed by atoms with van der Waals surface area (Å²) in [5.41, 5.74) is 0.550. The number of nitrogens with one attached hydrogen (secondary N) is 1. The van der Waals surface area contributed by atoms with E-state index in [1.54, 1.807) is 11.4 Å². The number of hydrogen-bond acceptors (Lipinski definition) is 5. The Bertz CT molecular complexity index is 1110. The Morgan fingerprint density at radius 1 is 1.17 bits per heavy atom. The highest BCUT2D eigenvalue weighted by atomic mass is 32.1. The Kier molecular flexibility index (Phi) is 5.57. The molecule has 3 aromatic rings. The molecule has 1 aliphatic heterocycles. The quantitative estimate of drug-likeness (QED) is 0.692. The van der Waals surface area contributed by atoms with Gasteiger partial charge in [-0.3, -0.25) is 14.2 Å². The van der Waals surface area contributed by atoms with E-state index in [1.807, 2.05) is 4.90 Å². The van der Waals surface area contributed by atoms with Gasteiger partial charge in [0.25, 0.3) is 5.56 Å². The van der Waals surface area contributed by atoms with E-state index in [0.29, 0.717) is 16.2 Å². The molecule has 1 aromatic carbocycles. The van der Waals surface area contributed by atoms with Crippen molar-refractivity contribution in [1.29, 1.82) is 0 Å². The summed E-state index contributed by atoms with van der Waals surface area (Å²) >= 11 is 1.29. The van der Waals surface area contributed by atoms with Crippen LogP contribution in [0.5, 0.6) is 0 Å². The molecule has 0 spiro atoms. The number of thiophene rings is 1. The van der Waals surface area contributed by atoms with E-state index in [9.17, 15) is 18.4 Å². The van der Waals surface area contributed by atoms with Crippen LogP contribution in [0.15, 0.2) is 34.4 Å². The Balaban J connectivity index is 1.58. The zero-order valence-electron chi connectivity index (χ0n) is 15.7. The van der Waals surface area contributed by atoms with Crippen LogP contribution in [0.25, 0.3) is 10.2 Å². The molecule has 1 amide bonds. The second-order valence-corrected chi connectivity index (χ2v) is 7.91. The summed E-state index contributed by atoms with van der Waals surface area (Å²) in [5, 5.41) is 4.41. The van der Waals surface area contributed by atoms with Crippen LogP contribution in [0.3, 0.4) is 0 Å². The fourth-order valence-electron chi connectivity index (χ4n) is 3.47. The van der Waals surface area contributed by atoms with Crippen LogP contribution in [-0.2, 0) is 17.9 Å². The average molecular weight is 418 g/mol. The van der Waals surface area contributed by atoms with Crippen LogP contribution >= 0.6 is 11.3 Å². The second-order valence-electron chi connectivity index (χ2n) is 7.00. The van der Waals surface area contributed by atoms with Crippen LogP contribution in [0.1, 0.15) is 24.8 Å². The summed E-state index contributed by atoms with van der Waals surface area (Å²) in [7, 11) is 0. The minimum absolute atomic E-state index is 0.0899. The van der Waals surface area contributed by atoms with Gasteiger partial charge in [-0.1, -0.05) is 6.07 Å². The van der Waals surface area contributed by atoms with Crippen LogP contribution in [0, 0.1) is 11.6 Å². The number of carbonyl (C=O) groups is 1. The van der Waals surface area contributed by atoms with Gasteiger partial charge in [0.2, 0.25) is 11.9 Å². The van der Waals surface area contributed by atoms with Crippen molar-refractivity contribution in [2.75, 3.05) is 18.0 Å². The molecule has 1 N–H and O–H groups in total. The molecule has 152 valence electrons. The molecule has 0 aliphatic carbocycles. The molecule has 1 aliphatic rings. The van der Waals surface area contributed by atoms with Crippen LogP contribution in [-0.4, -0.2) is 28.5 Å². The van der Waals surface area contributed by atoms with Crippen molar-refractivity contribution in [1.82, 2.24) is 14.9 Å². The lowest BCUT2D eigenvalue weighted by atomic mass is 10.1. The summed E-state index contributed by atoms with van der Waals surface area (Å²) < 4.78 is 28.7. The predicted molar refractivity (Wildman–Crippen MR) is 108 cm³/mol. The lowest BCUT2D eigenvalue weighted by Gasteiger charge is -2.29. The maximum Gasteiger partial charge on any atom is 0.273 e. The SMILES string of the molecule is O=C(Cn1c(N2CCCCC2)nc2ccsc2c1=O)NCc1ccc(F)cc1F. The van der Waals surface area contributed by atoms with Crippen LogP contribution < -0.4 is 15.8 Å². The first-order chi connectivity index (χ1) is 14.0. The molecule has 2 aromatic heterocycles. The number of amides is 1. The molecule has 0 unspecified atom stereocenters. The molecule has 9 heteroatoms. The Labute approximate surface area is 169 Å². The molecule has 1 saturated heterocycles. The van der Waals surface area contributed by atoms with Crippen molar-refractivity contribution in [3.05, 3.63) is 57.2 Å². The monoisotopic (exact) mass is 418 g/mol. The van der Waals surface area contributed by atoms with Gasteiger partial charge in [-0.25, -0.2) is 13.8 Å². The van der Waals surface area contributed by atoms with Gasteiger partial charge in [-0.05, 0) is 36.8 Å². The molecule has 29 heavy (non-hydrogen) atoms. The number of anilines is 1. The van der Waals surface area contributed by atoms with E-state index >= 15 is 0 Å². The van der Waals surface area contributed by atoms with Gasteiger partial charge in [0.15, 0.2) is 0 Å². The molecule has 0 atom stereocenters. The summed E-state index contributed by atoms with van der Waals surface area (Å²) in [5.74, 6) is -1.35. The molecule has 1 fully saturated rings. The number of carbonyl (C=O) groups excluding carboxylic acids is 1. The number of benzene rings is 1. The summed E-state index contributed by atoms with van der Waals surface area (Å²) in [6.07, 6.45) is 3.15. The van der Waals surface area contributed by atoms with E-state index < -0.39 is 17.5 Å². The second kappa shape index (κ2) is 8.28. The Morgan fingerprint density at radius 3 is 2.72 bits per heavy atom. The number of aromatic nitrogens is 2. The average Bonchev–Trinajstić information content (AvgIpc) is 3.19. The van der Waals surface area contributed by atoms with Gasteiger partial charge in [-0.15, -0.1) is 11.3 Å². The molecular weight excluding hydrogens is 398 g/mol. The third kappa shape index (κ3) is 4.14.